The first-order chi connectivity index (χ1) is 6.85. The van der Waals surface area contributed by atoms with Crippen LogP contribution < -0.4 is 0 Å². The smallest absolute Gasteiger partial charge is 0.0593 e. The number of halogens is 3. The van der Waals surface area contributed by atoms with Crippen LogP contribution in [-0.4, -0.2) is 49.5 Å². The van der Waals surface area contributed by atoms with E-state index in [0.717, 1.165) is 39.3 Å². The Balaban J connectivity index is 0. The third-order valence-electron chi connectivity index (χ3n) is 2.00. The minimum Gasteiger partial charge on any atom is -0.380 e. The fraction of sp³-hybridized carbons (Fsp3) is 1.00. The Labute approximate surface area is 110 Å². The highest BCUT2D eigenvalue weighted by atomic mass is 35.5. The lowest BCUT2D eigenvalue weighted by molar-refractivity contribution is 0.105. The number of unbranched alkanes of at least 4 members (excludes halogenated alkanes) is 1. The van der Waals surface area contributed by atoms with Gasteiger partial charge in [-0.05, 0) is 6.42 Å². The van der Waals surface area contributed by atoms with Crippen LogP contribution in [0.5, 0.6) is 0 Å². The lowest BCUT2D eigenvalue weighted by atomic mass is 10.4. The molecule has 0 heterocycles. The van der Waals surface area contributed by atoms with Gasteiger partial charge in [-0.1, -0.05) is 13.3 Å². The molecule has 0 saturated heterocycles. The minimum absolute atomic E-state index is 0. The van der Waals surface area contributed by atoms with E-state index >= 15 is 0 Å². The SMILES string of the molecule is CCCCOCCN(CCCl)CCCl.Cl. The van der Waals surface area contributed by atoms with Crippen LogP contribution in [0.4, 0.5) is 0 Å². The van der Waals surface area contributed by atoms with E-state index in [9.17, 15) is 0 Å². The molecule has 0 N–H and O–H groups in total. The maximum atomic E-state index is 5.67. The molecular formula is C10H22Cl3NO. The third kappa shape index (κ3) is 12.7. The fourth-order valence-electron chi connectivity index (χ4n) is 1.12. The van der Waals surface area contributed by atoms with E-state index in [1.165, 1.54) is 6.42 Å². The number of rotatable bonds is 10. The number of hydrogen-bond donors (Lipinski definition) is 0. The molecule has 0 aromatic heterocycles. The highest BCUT2D eigenvalue weighted by Gasteiger charge is 2.02. The van der Waals surface area contributed by atoms with Gasteiger partial charge >= 0.3 is 0 Å². The first-order valence-electron chi connectivity index (χ1n) is 5.27. The molecule has 0 radical (unpaired) electrons. The van der Waals surface area contributed by atoms with Gasteiger partial charge in [0.15, 0.2) is 0 Å². The van der Waals surface area contributed by atoms with Crippen LogP contribution in [0, 0.1) is 0 Å². The van der Waals surface area contributed by atoms with Crippen molar-refractivity contribution in [3.05, 3.63) is 0 Å². The predicted molar refractivity (Wildman–Crippen MR) is 70.9 cm³/mol. The summed E-state index contributed by atoms with van der Waals surface area (Å²) in [7, 11) is 0. The van der Waals surface area contributed by atoms with E-state index in [1.807, 2.05) is 0 Å². The van der Waals surface area contributed by atoms with Gasteiger partial charge in [-0.15, -0.1) is 35.6 Å². The van der Waals surface area contributed by atoms with Crippen LogP contribution in [0.25, 0.3) is 0 Å². The van der Waals surface area contributed by atoms with E-state index in [-0.39, 0.29) is 12.4 Å². The summed E-state index contributed by atoms with van der Waals surface area (Å²) in [6, 6.07) is 0. The molecule has 0 saturated carbocycles. The molecular weight excluding hydrogens is 256 g/mol. The van der Waals surface area contributed by atoms with Crippen LogP contribution >= 0.6 is 35.6 Å². The quantitative estimate of drug-likeness (QED) is 0.450. The topological polar surface area (TPSA) is 12.5 Å². The molecule has 0 unspecified atom stereocenters. The molecule has 0 spiro atoms. The van der Waals surface area contributed by atoms with Gasteiger partial charge in [0.1, 0.15) is 0 Å². The Morgan fingerprint density at radius 1 is 1.00 bits per heavy atom. The summed E-state index contributed by atoms with van der Waals surface area (Å²) < 4.78 is 5.47. The zero-order chi connectivity index (χ0) is 10.6. The predicted octanol–water partition coefficient (Wildman–Crippen LogP) is 3.00. The van der Waals surface area contributed by atoms with E-state index in [1.54, 1.807) is 0 Å². The van der Waals surface area contributed by atoms with E-state index in [0.29, 0.717) is 11.8 Å². The van der Waals surface area contributed by atoms with E-state index in [4.69, 9.17) is 27.9 Å². The zero-order valence-corrected chi connectivity index (χ0v) is 11.7. The van der Waals surface area contributed by atoms with Crippen molar-refractivity contribution in [2.24, 2.45) is 0 Å². The third-order valence-corrected chi connectivity index (χ3v) is 2.33. The minimum atomic E-state index is 0. The maximum Gasteiger partial charge on any atom is 0.0593 e. The molecule has 0 aliphatic carbocycles. The molecule has 5 heteroatoms. The van der Waals surface area contributed by atoms with Gasteiger partial charge in [0.2, 0.25) is 0 Å². The summed E-state index contributed by atoms with van der Waals surface area (Å²) in [5.41, 5.74) is 0. The standard InChI is InChI=1S/C10H21Cl2NO.ClH/c1-2-3-9-14-10-8-13(6-4-11)7-5-12;/h2-10H2,1H3;1H. The number of ether oxygens (including phenoxy) is 1. The summed E-state index contributed by atoms with van der Waals surface area (Å²) in [6.07, 6.45) is 2.33. The molecule has 2 nitrogen and oxygen atoms in total. The van der Waals surface area contributed by atoms with Crippen LogP contribution in [0.2, 0.25) is 0 Å². The van der Waals surface area contributed by atoms with E-state index < -0.39 is 0 Å². The average Bonchev–Trinajstić information content (AvgIpc) is 2.18. The normalized spacial score (nSPS) is 10.4. The number of hydrogen-bond acceptors (Lipinski definition) is 2. The van der Waals surface area contributed by atoms with Gasteiger partial charge in [0, 0.05) is 38.0 Å². The lowest BCUT2D eigenvalue weighted by Crippen LogP contribution is -2.31. The summed E-state index contributed by atoms with van der Waals surface area (Å²) in [5, 5.41) is 0. The molecule has 0 aromatic rings. The highest BCUT2D eigenvalue weighted by Crippen LogP contribution is 1.93. The molecule has 15 heavy (non-hydrogen) atoms. The van der Waals surface area contributed by atoms with Crippen molar-refractivity contribution in [3.63, 3.8) is 0 Å². The van der Waals surface area contributed by atoms with Gasteiger partial charge in [-0.25, -0.2) is 0 Å². The second-order valence-corrected chi connectivity index (χ2v) is 3.94. The zero-order valence-electron chi connectivity index (χ0n) is 9.38. The van der Waals surface area contributed by atoms with Gasteiger partial charge in [-0.3, -0.25) is 4.90 Å². The molecule has 0 rings (SSSR count). The Morgan fingerprint density at radius 2 is 1.60 bits per heavy atom. The molecule has 0 aromatic carbocycles. The molecule has 0 aliphatic rings. The Bertz CT molecular complexity index is 111. The second kappa shape index (κ2) is 14.8. The lowest BCUT2D eigenvalue weighted by Gasteiger charge is -2.19. The Hall–Kier alpha value is 0.790. The van der Waals surface area contributed by atoms with Gasteiger partial charge < -0.3 is 4.74 Å². The molecule has 0 fully saturated rings. The summed E-state index contributed by atoms with van der Waals surface area (Å²) in [5.74, 6) is 1.32. The number of nitrogens with zero attached hydrogens (tertiary/aromatic N) is 1. The van der Waals surface area contributed by atoms with Crippen molar-refractivity contribution in [2.45, 2.75) is 19.8 Å². The maximum absolute atomic E-state index is 5.67. The monoisotopic (exact) mass is 277 g/mol. The Morgan fingerprint density at radius 3 is 2.07 bits per heavy atom. The van der Waals surface area contributed by atoms with Crippen LogP contribution in [0.1, 0.15) is 19.8 Å². The highest BCUT2D eigenvalue weighted by molar-refractivity contribution is 6.18. The molecule has 0 bridgehead atoms. The first kappa shape index (κ1) is 18.2. The van der Waals surface area contributed by atoms with Crippen molar-refractivity contribution in [1.82, 2.24) is 4.90 Å². The van der Waals surface area contributed by atoms with Crippen LogP contribution in [0.15, 0.2) is 0 Å². The molecule has 0 atom stereocenters. The van der Waals surface area contributed by atoms with Crippen molar-refractivity contribution < 1.29 is 4.74 Å². The van der Waals surface area contributed by atoms with Gasteiger partial charge in [0.05, 0.1) is 6.61 Å². The molecule has 0 amide bonds. The van der Waals surface area contributed by atoms with Crippen LogP contribution in [0.3, 0.4) is 0 Å². The molecule has 94 valence electrons. The fourth-order valence-corrected chi connectivity index (χ4v) is 1.59. The largest absolute Gasteiger partial charge is 0.380 e. The van der Waals surface area contributed by atoms with Crippen molar-refractivity contribution >= 4 is 35.6 Å². The number of alkyl halides is 2. The molecule has 0 aliphatic heterocycles. The van der Waals surface area contributed by atoms with Crippen molar-refractivity contribution in [1.29, 1.82) is 0 Å². The summed E-state index contributed by atoms with van der Waals surface area (Å²) >= 11 is 11.3. The summed E-state index contributed by atoms with van der Waals surface area (Å²) in [6.45, 7) is 6.54. The average molecular weight is 279 g/mol. The van der Waals surface area contributed by atoms with Gasteiger partial charge in [-0.2, -0.15) is 0 Å². The van der Waals surface area contributed by atoms with Crippen molar-refractivity contribution in [3.8, 4) is 0 Å². The van der Waals surface area contributed by atoms with Crippen molar-refractivity contribution in [2.75, 3.05) is 44.6 Å². The van der Waals surface area contributed by atoms with Gasteiger partial charge in [0.25, 0.3) is 0 Å². The second-order valence-electron chi connectivity index (χ2n) is 3.19. The summed E-state index contributed by atoms with van der Waals surface area (Å²) in [4.78, 5) is 2.23. The van der Waals surface area contributed by atoms with E-state index in [2.05, 4.69) is 11.8 Å². The Kier molecular flexibility index (Phi) is 17.9. The first-order valence-corrected chi connectivity index (χ1v) is 6.34. The van der Waals surface area contributed by atoms with Crippen LogP contribution in [-0.2, 0) is 4.74 Å².